The molecule has 0 atom stereocenters. The van der Waals surface area contributed by atoms with Gasteiger partial charge in [0.25, 0.3) is 0 Å². The Kier molecular flexibility index (Phi) is 6.42. The van der Waals surface area contributed by atoms with Crippen molar-refractivity contribution in [2.75, 3.05) is 0 Å². The van der Waals surface area contributed by atoms with Crippen LogP contribution in [0.3, 0.4) is 0 Å². The Balaban J connectivity index is 0.000000471. The van der Waals surface area contributed by atoms with E-state index in [0.717, 1.165) is 4.47 Å². The smallest absolute Gasteiger partial charge is 0.219 e. The van der Waals surface area contributed by atoms with Crippen LogP contribution in [-0.4, -0.2) is 0 Å². The third-order valence-corrected chi connectivity index (χ3v) is 6.30. The lowest BCUT2D eigenvalue weighted by atomic mass is 9.82. The zero-order valence-corrected chi connectivity index (χ0v) is 20.3. The predicted molar refractivity (Wildman–Crippen MR) is 119 cm³/mol. The van der Waals surface area contributed by atoms with E-state index in [1.54, 1.807) is 0 Å². The predicted octanol–water partition coefficient (Wildman–Crippen LogP) is 1.94. The summed E-state index contributed by atoms with van der Waals surface area (Å²) >= 11 is 3.57. The van der Waals surface area contributed by atoms with E-state index in [0.29, 0.717) is 0 Å². The minimum absolute atomic E-state index is 0.0501. The molecule has 33 heavy (non-hydrogen) atoms. The van der Waals surface area contributed by atoms with Crippen molar-refractivity contribution >= 4 is 15.9 Å². The second kappa shape index (κ2) is 8.99. The highest BCUT2D eigenvalue weighted by Gasteiger charge is 2.45. The first-order valence-electron chi connectivity index (χ1n) is 10.2. The van der Waals surface area contributed by atoms with Crippen LogP contribution < -0.4 is 23.2 Å². The van der Waals surface area contributed by atoms with Gasteiger partial charge in [0.2, 0.25) is 11.4 Å². The van der Waals surface area contributed by atoms with Gasteiger partial charge in [-0.3, -0.25) is 0 Å². The summed E-state index contributed by atoms with van der Waals surface area (Å²) in [5.74, 6) is 0. The average molecular weight is 527 g/mol. The second-order valence-corrected chi connectivity index (χ2v) is 9.91. The van der Waals surface area contributed by atoms with Gasteiger partial charge in [0.1, 0.15) is 0 Å². The number of aromatic nitrogens is 1. The normalized spacial score (nSPS) is 13.5. The van der Waals surface area contributed by atoms with Crippen molar-refractivity contribution in [3.63, 3.8) is 0 Å². The highest BCUT2D eigenvalue weighted by molar-refractivity contribution is 9.10. The summed E-state index contributed by atoms with van der Waals surface area (Å²) in [6.07, 6.45) is 0. The van der Waals surface area contributed by atoms with Gasteiger partial charge >= 0.3 is 0 Å². The van der Waals surface area contributed by atoms with Crippen LogP contribution in [0.2, 0.25) is 0 Å². The van der Waals surface area contributed by atoms with Crippen LogP contribution in [0.5, 0.6) is 0 Å². The summed E-state index contributed by atoms with van der Waals surface area (Å²) in [5, 5.41) is 0. The van der Waals surface area contributed by atoms with Crippen LogP contribution in [0.4, 0.5) is 0 Å². The molecule has 1 aromatic heterocycles. The molecule has 0 amide bonds. The summed E-state index contributed by atoms with van der Waals surface area (Å²) < 4.78 is 37.5. The minimum Gasteiger partial charge on any atom is -0.222 e. The Labute approximate surface area is 203 Å². The molecule has 0 saturated heterocycles. The van der Waals surface area contributed by atoms with Gasteiger partial charge in [0, 0.05) is 33.8 Å². The molecule has 7 heteroatoms. The lowest BCUT2D eigenvalue weighted by Gasteiger charge is -2.17. The molecule has 4 aromatic rings. The Morgan fingerprint density at radius 2 is 1.27 bits per heavy atom. The van der Waals surface area contributed by atoms with E-state index in [9.17, 15) is 0 Å². The van der Waals surface area contributed by atoms with Gasteiger partial charge in [0.05, 0.1) is 5.41 Å². The topological polar surface area (TPSA) is 96.1 Å². The number of hydrogen-bond acceptors (Lipinski definition) is 4. The zero-order valence-electron chi connectivity index (χ0n) is 18.0. The Morgan fingerprint density at radius 3 is 1.91 bits per heavy atom. The molecule has 1 aliphatic heterocycles. The van der Waals surface area contributed by atoms with Crippen LogP contribution in [0, 0.1) is 10.2 Å². The number of fused-ring (bicyclic) bond motifs is 3. The van der Waals surface area contributed by atoms with E-state index in [-0.39, 0.29) is 5.41 Å². The van der Waals surface area contributed by atoms with E-state index in [1.165, 1.54) is 39.3 Å². The number of hydrogen-bond donors (Lipinski definition) is 0. The summed E-state index contributed by atoms with van der Waals surface area (Å²) in [5.41, 5.74) is 8.87. The van der Waals surface area contributed by atoms with E-state index in [1.807, 2.05) is 0 Å². The van der Waals surface area contributed by atoms with Crippen LogP contribution >= 0.6 is 15.9 Å². The van der Waals surface area contributed by atoms with E-state index >= 15 is 0 Å². The van der Waals surface area contributed by atoms with Gasteiger partial charge in [-0.25, -0.2) is 18.6 Å². The standard InChI is InChI=1S/C26H21BrN.ClHO4/c1-26(2)22-10-6-7-11-23(22)28-24(19-12-14-21(27)15-13-19)16-20(17-25(26)28)18-8-4-3-5-9-18;2-1(3,4)5/h3-17H,1-2H3;(H,2,3,4,5)/q+1;/p-1. The highest BCUT2D eigenvalue weighted by atomic mass is 79.9. The molecule has 0 spiro atoms. The maximum absolute atomic E-state index is 8.49. The van der Waals surface area contributed by atoms with Crippen molar-refractivity contribution in [1.82, 2.24) is 0 Å². The molecule has 2 heterocycles. The number of nitrogens with zero attached hydrogens (tertiary/aromatic N) is 1. The molecule has 0 radical (unpaired) electrons. The maximum Gasteiger partial charge on any atom is 0.219 e. The van der Waals surface area contributed by atoms with Crippen molar-refractivity contribution in [3.8, 4) is 28.1 Å². The van der Waals surface area contributed by atoms with Crippen molar-refractivity contribution in [3.05, 3.63) is 107 Å². The number of pyridine rings is 1. The lowest BCUT2D eigenvalue weighted by Crippen LogP contribution is -2.68. The fourth-order valence-corrected chi connectivity index (χ4v) is 4.54. The quantitative estimate of drug-likeness (QED) is 0.373. The fourth-order valence-electron chi connectivity index (χ4n) is 4.28. The molecule has 5 nitrogen and oxygen atoms in total. The highest BCUT2D eigenvalue weighted by Crippen LogP contribution is 2.41. The molecule has 0 aliphatic carbocycles. The zero-order chi connectivity index (χ0) is 23.8. The Hall–Kier alpha value is -2.58. The molecule has 3 aromatic carbocycles. The van der Waals surface area contributed by atoms with Gasteiger partial charge in [0.15, 0.2) is 5.69 Å². The summed E-state index contributed by atoms with van der Waals surface area (Å²) in [4.78, 5) is 0. The van der Waals surface area contributed by atoms with E-state index in [4.69, 9.17) is 18.6 Å². The molecule has 0 unspecified atom stereocenters. The number of benzene rings is 3. The van der Waals surface area contributed by atoms with Crippen molar-refractivity contribution in [1.29, 1.82) is 0 Å². The minimum atomic E-state index is -4.94. The van der Waals surface area contributed by atoms with Gasteiger partial charge in [-0.05, 0) is 49.2 Å². The largest absolute Gasteiger partial charge is 0.222 e. The monoisotopic (exact) mass is 525 g/mol. The number of halogens is 2. The first-order chi connectivity index (χ1) is 15.6. The molecule has 1 aliphatic rings. The third-order valence-electron chi connectivity index (χ3n) is 5.77. The summed E-state index contributed by atoms with van der Waals surface area (Å²) in [7, 11) is -4.94. The lowest BCUT2D eigenvalue weighted by molar-refractivity contribution is -2.00. The first kappa shape index (κ1) is 23.6. The van der Waals surface area contributed by atoms with Crippen LogP contribution in [0.15, 0.2) is 95.5 Å². The van der Waals surface area contributed by atoms with E-state index < -0.39 is 10.2 Å². The molecule has 0 bridgehead atoms. The Morgan fingerprint density at radius 1 is 0.697 bits per heavy atom. The fraction of sp³-hybridized carbons (Fsp3) is 0.115. The molecule has 168 valence electrons. The van der Waals surface area contributed by atoms with Crippen molar-refractivity contribution < 1.29 is 33.4 Å². The maximum atomic E-state index is 8.49. The molecular formula is C26H21BrClNO4. The van der Waals surface area contributed by atoms with Gasteiger partial charge < -0.3 is 0 Å². The SMILES string of the molecule is CC1(C)c2ccccc2-[n+]2c(-c3ccc(Br)cc3)cc(-c3ccccc3)cc21.[O-][Cl+3]([O-])([O-])[O-]. The first-order valence-corrected chi connectivity index (χ1v) is 12.2. The van der Waals surface area contributed by atoms with Gasteiger partial charge in [-0.15, -0.1) is 10.2 Å². The molecule has 5 rings (SSSR count). The second-order valence-electron chi connectivity index (χ2n) is 8.24. The third kappa shape index (κ3) is 5.01. The Bertz CT molecular complexity index is 1280. The van der Waals surface area contributed by atoms with Crippen molar-refractivity contribution in [2.24, 2.45) is 0 Å². The summed E-state index contributed by atoms with van der Waals surface area (Å²) in [6, 6.07) is 32.7. The molecular weight excluding hydrogens is 506 g/mol. The molecule has 0 N–H and O–H groups in total. The van der Waals surface area contributed by atoms with E-state index in [2.05, 4.69) is 125 Å². The molecule has 0 saturated carbocycles. The summed E-state index contributed by atoms with van der Waals surface area (Å²) in [6.45, 7) is 4.65. The van der Waals surface area contributed by atoms with Gasteiger partial charge in [-0.1, -0.05) is 64.5 Å². The van der Waals surface area contributed by atoms with Crippen LogP contribution in [0.25, 0.3) is 28.1 Å². The number of para-hydroxylation sites is 1. The molecule has 0 fully saturated rings. The van der Waals surface area contributed by atoms with Crippen LogP contribution in [0.1, 0.15) is 25.1 Å². The van der Waals surface area contributed by atoms with Crippen LogP contribution in [-0.2, 0) is 5.41 Å². The average Bonchev–Trinajstić information content (AvgIpc) is 3.01. The van der Waals surface area contributed by atoms with Gasteiger partial charge in [-0.2, -0.15) is 4.57 Å². The number of rotatable bonds is 2. The van der Waals surface area contributed by atoms with Crippen molar-refractivity contribution in [2.45, 2.75) is 19.3 Å².